The van der Waals surface area contributed by atoms with Crippen molar-refractivity contribution < 1.29 is 13.2 Å². The molecule has 138 valence electrons. The highest BCUT2D eigenvalue weighted by Crippen LogP contribution is 2.25. The average Bonchev–Trinajstić information content (AvgIpc) is 2.57. The van der Waals surface area contributed by atoms with Gasteiger partial charge in [0.25, 0.3) is 0 Å². The predicted octanol–water partition coefficient (Wildman–Crippen LogP) is 3.67. The highest BCUT2D eigenvalue weighted by molar-refractivity contribution is 7.89. The number of nitrogens with one attached hydrogen (secondary N) is 2. The molecule has 8 heteroatoms. The van der Waals surface area contributed by atoms with Crippen LogP contribution in [0.25, 0.3) is 0 Å². The molecular weight excluding hydrogens is 383 g/mol. The summed E-state index contributed by atoms with van der Waals surface area (Å²) in [5.74, 6) is -0.377. The number of allylic oxidation sites excluding steroid dienone is 1. The van der Waals surface area contributed by atoms with E-state index in [1.807, 2.05) is 0 Å². The molecule has 1 aliphatic rings. The Morgan fingerprint density at radius 2 is 2.04 bits per heavy atom. The maximum atomic E-state index is 12.4. The lowest BCUT2D eigenvalue weighted by atomic mass is 9.97. The van der Waals surface area contributed by atoms with Gasteiger partial charge < -0.3 is 5.32 Å². The first-order valence-corrected chi connectivity index (χ1v) is 10.5. The maximum absolute atomic E-state index is 12.4. The first kappa shape index (κ1) is 20.2. The minimum absolute atomic E-state index is 0.0498. The van der Waals surface area contributed by atoms with Crippen molar-refractivity contribution in [2.75, 3.05) is 6.54 Å². The van der Waals surface area contributed by atoms with E-state index < -0.39 is 16.1 Å². The van der Waals surface area contributed by atoms with Crippen LogP contribution >= 0.6 is 23.2 Å². The number of benzene rings is 1. The van der Waals surface area contributed by atoms with Gasteiger partial charge in [-0.05, 0) is 57.2 Å². The lowest BCUT2D eigenvalue weighted by molar-refractivity contribution is -0.122. The molecule has 1 aliphatic carbocycles. The first-order valence-electron chi connectivity index (χ1n) is 8.22. The molecule has 0 saturated carbocycles. The molecule has 0 saturated heterocycles. The molecule has 1 amide bonds. The topological polar surface area (TPSA) is 75.3 Å². The molecule has 0 fully saturated rings. The summed E-state index contributed by atoms with van der Waals surface area (Å²) in [5, 5.41) is 3.07. The van der Waals surface area contributed by atoms with Gasteiger partial charge in [0.05, 0.1) is 11.1 Å². The third kappa shape index (κ3) is 5.99. The summed E-state index contributed by atoms with van der Waals surface area (Å²) in [6.45, 7) is 1.99. The van der Waals surface area contributed by atoms with Gasteiger partial charge in [0.2, 0.25) is 15.9 Å². The minimum atomic E-state index is -3.94. The zero-order valence-electron chi connectivity index (χ0n) is 14.0. The van der Waals surface area contributed by atoms with Crippen LogP contribution in [0.4, 0.5) is 0 Å². The summed E-state index contributed by atoms with van der Waals surface area (Å²) in [5.41, 5.74) is 1.35. The second kappa shape index (κ2) is 9.03. The number of amides is 1. The number of rotatable bonds is 7. The number of carbonyl (C=O) groups is 1. The highest BCUT2D eigenvalue weighted by atomic mass is 35.5. The van der Waals surface area contributed by atoms with Crippen LogP contribution in [-0.4, -0.2) is 26.9 Å². The quantitative estimate of drug-likeness (QED) is 0.680. The van der Waals surface area contributed by atoms with Crippen LogP contribution in [0.5, 0.6) is 0 Å². The lowest BCUT2D eigenvalue weighted by Gasteiger charge is -2.16. The van der Waals surface area contributed by atoms with Crippen molar-refractivity contribution in [3.8, 4) is 0 Å². The minimum Gasteiger partial charge on any atom is -0.354 e. The number of hydrogen-bond acceptors (Lipinski definition) is 3. The number of hydrogen-bond donors (Lipinski definition) is 2. The summed E-state index contributed by atoms with van der Waals surface area (Å²) in [4.78, 5) is 12.0. The van der Waals surface area contributed by atoms with Gasteiger partial charge >= 0.3 is 0 Å². The van der Waals surface area contributed by atoms with E-state index in [0.717, 1.165) is 19.3 Å². The normalized spacial score (nSPS) is 16.2. The molecule has 2 rings (SSSR count). The fraction of sp³-hybridized carbons (Fsp3) is 0.471. The molecule has 0 spiro atoms. The summed E-state index contributed by atoms with van der Waals surface area (Å²) < 4.78 is 27.1. The van der Waals surface area contributed by atoms with E-state index >= 15 is 0 Å². The number of halogens is 2. The number of carbonyl (C=O) groups excluding carboxylic acids is 1. The Balaban J connectivity index is 1.91. The molecule has 0 heterocycles. The molecule has 0 aliphatic heterocycles. The standard InChI is InChI=1S/C17H22Cl2N2O3S/c1-12(17(22)20-10-9-13-5-3-2-4-6-13)21-25(23,24)16-11-14(18)7-8-15(16)19/h5,7-8,11-12,21H,2-4,6,9-10H2,1H3,(H,20,22). The molecule has 0 aromatic heterocycles. The predicted molar refractivity (Wildman–Crippen MR) is 100 cm³/mol. The Bertz CT molecular complexity index is 763. The van der Waals surface area contributed by atoms with E-state index in [1.165, 1.54) is 43.5 Å². The van der Waals surface area contributed by atoms with E-state index in [0.29, 0.717) is 6.54 Å². The van der Waals surface area contributed by atoms with E-state index in [1.54, 1.807) is 0 Å². The van der Waals surface area contributed by atoms with Crippen LogP contribution in [0, 0.1) is 0 Å². The van der Waals surface area contributed by atoms with Crippen LogP contribution in [0.15, 0.2) is 34.7 Å². The molecule has 2 N–H and O–H groups in total. The maximum Gasteiger partial charge on any atom is 0.242 e. The number of sulfonamides is 1. The van der Waals surface area contributed by atoms with Crippen molar-refractivity contribution in [2.24, 2.45) is 0 Å². The Hall–Kier alpha value is -1.08. The molecule has 0 radical (unpaired) electrons. The summed E-state index contributed by atoms with van der Waals surface area (Å²) in [6.07, 6.45) is 7.61. The fourth-order valence-corrected chi connectivity index (χ4v) is 4.63. The summed E-state index contributed by atoms with van der Waals surface area (Å²) >= 11 is 11.8. The Morgan fingerprint density at radius 3 is 2.72 bits per heavy atom. The molecule has 25 heavy (non-hydrogen) atoms. The zero-order valence-corrected chi connectivity index (χ0v) is 16.3. The fourth-order valence-electron chi connectivity index (χ4n) is 2.66. The van der Waals surface area contributed by atoms with Crippen molar-refractivity contribution in [3.05, 3.63) is 39.9 Å². The van der Waals surface area contributed by atoms with Gasteiger partial charge in [0.15, 0.2) is 0 Å². The van der Waals surface area contributed by atoms with E-state index in [4.69, 9.17) is 23.2 Å². The molecule has 1 aromatic carbocycles. The summed E-state index contributed by atoms with van der Waals surface area (Å²) in [6, 6.07) is 3.24. The molecular formula is C17H22Cl2N2O3S. The SMILES string of the molecule is CC(NS(=O)(=O)c1cc(Cl)ccc1Cl)C(=O)NCCC1=CCCCC1. The first-order chi connectivity index (χ1) is 11.8. The molecule has 5 nitrogen and oxygen atoms in total. The average molecular weight is 405 g/mol. The van der Waals surface area contributed by atoms with E-state index in [-0.39, 0.29) is 20.8 Å². The summed E-state index contributed by atoms with van der Waals surface area (Å²) in [7, 11) is -3.94. The largest absolute Gasteiger partial charge is 0.354 e. The lowest BCUT2D eigenvalue weighted by Crippen LogP contribution is -2.45. The van der Waals surface area contributed by atoms with Crippen molar-refractivity contribution in [1.82, 2.24) is 10.0 Å². The van der Waals surface area contributed by atoms with Gasteiger partial charge in [-0.3, -0.25) is 4.79 Å². The van der Waals surface area contributed by atoms with E-state index in [9.17, 15) is 13.2 Å². The third-order valence-electron chi connectivity index (χ3n) is 4.04. The molecule has 0 bridgehead atoms. The molecule has 1 unspecified atom stereocenters. The Morgan fingerprint density at radius 1 is 1.28 bits per heavy atom. The van der Waals surface area contributed by atoms with Crippen molar-refractivity contribution in [2.45, 2.75) is 50.0 Å². The zero-order chi connectivity index (χ0) is 18.4. The van der Waals surface area contributed by atoms with Gasteiger partial charge in [0.1, 0.15) is 4.90 Å². The van der Waals surface area contributed by atoms with Gasteiger partial charge in [-0.2, -0.15) is 4.72 Å². The van der Waals surface area contributed by atoms with Crippen molar-refractivity contribution >= 4 is 39.1 Å². The van der Waals surface area contributed by atoms with Crippen molar-refractivity contribution in [1.29, 1.82) is 0 Å². The van der Waals surface area contributed by atoms with Crippen LogP contribution in [-0.2, 0) is 14.8 Å². The molecule has 1 atom stereocenters. The third-order valence-corrected chi connectivity index (χ3v) is 6.30. The smallest absolute Gasteiger partial charge is 0.242 e. The van der Waals surface area contributed by atoms with Gasteiger partial charge in [-0.1, -0.05) is 34.9 Å². The monoisotopic (exact) mass is 404 g/mol. The van der Waals surface area contributed by atoms with Gasteiger partial charge in [-0.15, -0.1) is 0 Å². The van der Waals surface area contributed by atoms with Crippen molar-refractivity contribution in [3.63, 3.8) is 0 Å². The highest BCUT2D eigenvalue weighted by Gasteiger charge is 2.24. The second-order valence-corrected chi connectivity index (χ2v) is 8.59. The van der Waals surface area contributed by atoms with Crippen LogP contribution in [0.3, 0.4) is 0 Å². The van der Waals surface area contributed by atoms with Crippen LogP contribution in [0.1, 0.15) is 39.0 Å². The Labute approximate surface area is 158 Å². The van der Waals surface area contributed by atoms with E-state index in [2.05, 4.69) is 16.1 Å². The van der Waals surface area contributed by atoms with Gasteiger partial charge in [-0.25, -0.2) is 8.42 Å². The van der Waals surface area contributed by atoms with Crippen LogP contribution < -0.4 is 10.0 Å². The van der Waals surface area contributed by atoms with Crippen LogP contribution in [0.2, 0.25) is 10.0 Å². The molecule has 1 aromatic rings. The second-order valence-electron chi connectivity index (χ2n) is 6.07. The Kier molecular flexibility index (Phi) is 7.31. The van der Waals surface area contributed by atoms with Gasteiger partial charge in [0, 0.05) is 11.6 Å².